The lowest BCUT2D eigenvalue weighted by molar-refractivity contribution is -0.166. The van der Waals surface area contributed by atoms with Crippen molar-refractivity contribution in [3.05, 3.63) is 10.6 Å². The third-order valence-corrected chi connectivity index (χ3v) is 6.30. The number of hydrogen-bond acceptors (Lipinski definition) is 5. The van der Waals surface area contributed by atoms with Gasteiger partial charge >= 0.3 is 5.97 Å². The van der Waals surface area contributed by atoms with Crippen LogP contribution in [-0.4, -0.2) is 60.8 Å². The van der Waals surface area contributed by atoms with Gasteiger partial charge in [0.15, 0.2) is 8.32 Å². The first-order chi connectivity index (χ1) is 10.2. The van der Waals surface area contributed by atoms with Crippen molar-refractivity contribution in [2.75, 3.05) is 12.4 Å². The fraction of sp³-hybridized carbons (Fsp3) is 0.714. The first kappa shape index (κ1) is 16.0. The van der Waals surface area contributed by atoms with E-state index in [0.29, 0.717) is 11.5 Å². The molecule has 0 aliphatic carbocycles. The summed E-state index contributed by atoms with van der Waals surface area (Å²) in [5.74, 6) is -0.796. The average molecular weight is 343 g/mol. The average Bonchev–Trinajstić information content (AvgIpc) is 2.68. The summed E-state index contributed by atoms with van der Waals surface area (Å²) >= 11 is 1.49. The Hall–Kier alpha value is -0.833. The van der Waals surface area contributed by atoms with E-state index in [-0.39, 0.29) is 35.8 Å². The number of aliphatic carboxylic acids is 1. The Morgan fingerprint density at radius 2 is 2.18 bits per heavy atom. The number of carbonyl (C=O) groups is 2. The molecule has 0 spiro atoms. The molecule has 8 heteroatoms. The van der Waals surface area contributed by atoms with E-state index in [9.17, 15) is 14.7 Å². The van der Waals surface area contributed by atoms with Crippen LogP contribution >= 0.6 is 11.8 Å². The summed E-state index contributed by atoms with van der Waals surface area (Å²) in [6, 6.07) is -0.229. The molecule has 3 aliphatic heterocycles. The Morgan fingerprint density at radius 3 is 2.77 bits per heavy atom. The summed E-state index contributed by atoms with van der Waals surface area (Å²) in [5, 5.41) is 9.46. The number of amides is 1. The minimum absolute atomic E-state index is 0.112. The number of hydrogen-bond donors (Lipinski definition) is 1. The Labute approximate surface area is 135 Å². The number of fused-ring (bicyclic) bond motifs is 3. The minimum Gasteiger partial charge on any atom is -0.477 e. The Kier molecular flexibility index (Phi) is 3.91. The van der Waals surface area contributed by atoms with E-state index in [2.05, 4.69) is 19.6 Å². The van der Waals surface area contributed by atoms with Gasteiger partial charge in [-0.15, -0.1) is 11.8 Å². The van der Waals surface area contributed by atoms with Gasteiger partial charge in [-0.1, -0.05) is 0 Å². The molecule has 3 rings (SSSR count). The second-order valence-corrected chi connectivity index (χ2v) is 12.4. The first-order valence-electron chi connectivity index (χ1n) is 7.45. The van der Waals surface area contributed by atoms with Crippen LogP contribution in [0.2, 0.25) is 19.6 Å². The molecule has 3 heterocycles. The van der Waals surface area contributed by atoms with Crippen molar-refractivity contribution >= 4 is 32.0 Å². The van der Waals surface area contributed by atoms with Crippen LogP contribution in [0.25, 0.3) is 0 Å². The van der Waals surface area contributed by atoms with Gasteiger partial charge in [0, 0.05) is 10.7 Å². The topological polar surface area (TPSA) is 76.1 Å². The SMILES string of the molecule is C[C@@H](O[Si](C)(C)C)[C@H]1C(=O)N2C(C(=O)O)=C3SCCO[C@H]3[C@H]12. The minimum atomic E-state index is -1.77. The standard InChI is InChI=1S/C14H21NO5SSi/c1-7(20-22(2,3)4)8-9-11-12(21-6-5-19-11)10(14(17)18)15(9)13(8)16/h7-9,11H,5-6H2,1-4H3,(H,17,18)/t7-,8-,9+,11+/m1/s1. The molecule has 0 aromatic carbocycles. The number of thioether (sulfide) groups is 1. The van der Waals surface area contributed by atoms with Crippen LogP contribution in [0.3, 0.4) is 0 Å². The summed E-state index contributed by atoms with van der Waals surface area (Å²) in [4.78, 5) is 26.2. The Bertz CT molecular complexity index is 558. The smallest absolute Gasteiger partial charge is 0.353 e. The summed E-state index contributed by atoms with van der Waals surface area (Å²) in [7, 11) is -1.77. The predicted octanol–water partition coefficient (Wildman–Crippen LogP) is 1.50. The van der Waals surface area contributed by atoms with E-state index < -0.39 is 14.3 Å². The van der Waals surface area contributed by atoms with Gasteiger partial charge in [0.25, 0.3) is 0 Å². The quantitative estimate of drug-likeness (QED) is 0.616. The Balaban J connectivity index is 1.87. The number of rotatable bonds is 4. The summed E-state index contributed by atoms with van der Waals surface area (Å²) in [6.45, 7) is 8.74. The van der Waals surface area contributed by atoms with Crippen LogP contribution in [0, 0.1) is 5.92 Å². The molecular weight excluding hydrogens is 322 g/mol. The fourth-order valence-corrected chi connectivity index (χ4v) is 5.85. The molecule has 0 saturated carbocycles. The molecule has 6 nitrogen and oxygen atoms in total. The molecule has 2 fully saturated rings. The molecule has 4 atom stereocenters. The van der Waals surface area contributed by atoms with Crippen molar-refractivity contribution in [3.63, 3.8) is 0 Å². The highest BCUT2D eigenvalue weighted by molar-refractivity contribution is 8.03. The molecular formula is C14H21NO5SSi. The van der Waals surface area contributed by atoms with Crippen molar-refractivity contribution in [1.82, 2.24) is 4.90 Å². The molecule has 0 radical (unpaired) electrons. The van der Waals surface area contributed by atoms with E-state index in [1.807, 2.05) is 6.92 Å². The monoisotopic (exact) mass is 343 g/mol. The zero-order valence-electron chi connectivity index (χ0n) is 13.2. The van der Waals surface area contributed by atoms with E-state index in [1.54, 1.807) is 0 Å². The zero-order chi connectivity index (χ0) is 16.2. The number of carboxylic acid groups (broad SMARTS) is 1. The van der Waals surface area contributed by atoms with Gasteiger partial charge in [-0.25, -0.2) is 4.79 Å². The molecule has 3 aliphatic rings. The van der Waals surface area contributed by atoms with Gasteiger partial charge in [0.05, 0.1) is 24.7 Å². The third kappa shape index (κ3) is 2.42. The zero-order valence-corrected chi connectivity index (χ0v) is 15.0. The number of nitrogens with zero attached hydrogens (tertiary/aromatic N) is 1. The number of carboxylic acids is 1. The second kappa shape index (κ2) is 5.36. The molecule has 0 bridgehead atoms. The molecule has 122 valence electrons. The highest BCUT2D eigenvalue weighted by atomic mass is 32.2. The fourth-order valence-electron chi connectivity index (χ4n) is 3.49. The maximum atomic E-state index is 12.5. The maximum Gasteiger partial charge on any atom is 0.353 e. The van der Waals surface area contributed by atoms with Crippen molar-refractivity contribution in [2.45, 2.75) is 44.8 Å². The molecule has 22 heavy (non-hydrogen) atoms. The third-order valence-electron chi connectivity index (χ3n) is 4.12. The van der Waals surface area contributed by atoms with Gasteiger partial charge in [0.2, 0.25) is 5.91 Å². The van der Waals surface area contributed by atoms with Gasteiger partial charge in [-0.2, -0.15) is 0 Å². The van der Waals surface area contributed by atoms with Crippen LogP contribution in [-0.2, 0) is 18.8 Å². The van der Waals surface area contributed by atoms with Gasteiger partial charge in [-0.05, 0) is 26.6 Å². The molecule has 0 unspecified atom stereocenters. The van der Waals surface area contributed by atoms with Crippen molar-refractivity contribution < 1.29 is 23.9 Å². The van der Waals surface area contributed by atoms with E-state index in [4.69, 9.17) is 9.16 Å². The van der Waals surface area contributed by atoms with Crippen LogP contribution in [0.5, 0.6) is 0 Å². The van der Waals surface area contributed by atoms with Gasteiger partial charge < -0.3 is 14.3 Å². The number of ether oxygens (including phenoxy) is 1. The number of β-lactam (4-membered cyclic amide) rings is 1. The summed E-state index contributed by atoms with van der Waals surface area (Å²) < 4.78 is 11.9. The largest absolute Gasteiger partial charge is 0.477 e. The molecule has 1 N–H and O–H groups in total. The van der Waals surface area contributed by atoms with Gasteiger partial charge in [-0.3, -0.25) is 9.69 Å². The second-order valence-electron chi connectivity index (χ2n) is 6.82. The van der Waals surface area contributed by atoms with Crippen molar-refractivity contribution in [3.8, 4) is 0 Å². The molecule has 0 aromatic rings. The van der Waals surface area contributed by atoms with Crippen molar-refractivity contribution in [1.29, 1.82) is 0 Å². The summed E-state index contributed by atoms with van der Waals surface area (Å²) in [6.07, 6.45) is -0.523. The Morgan fingerprint density at radius 1 is 1.50 bits per heavy atom. The van der Waals surface area contributed by atoms with Crippen LogP contribution in [0.15, 0.2) is 10.6 Å². The normalized spacial score (nSPS) is 32.5. The van der Waals surface area contributed by atoms with Gasteiger partial charge in [0.1, 0.15) is 11.8 Å². The predicted molar refractivity (Wildman–Crippen MR) is 84.9 cm³/mol. The van der Waals surface area contributed by atoms with Crippen LogP contribution < -0.4 is 0 Å². The molecule has 2 saturated heterocycles. The van der Waals surface area contributed by atoms with E-state index >= 15 is 0 Å². The van der Waals surface area contributed by atoms with Crippen LogP contribution in [0.4, 0.5) is 0 Å². The lowest BCUT2D eigenvalue weighted by Crippen LogP contribution is -2.66. The van der Waals surface area contributed by atoms with Crippen LogP contribution in [0.1, 0.15) is 6.92 Å². The lowest BCUT2D eigenvalue weighted by atomic mass is 9.82. The molecule has 0 aromatic heterocycles. The maximum absolute atomic E-state index is 12.5. The summed E-state index contributed by atoms with van der Waals surface area (Å²) in [5.41, 5.74) is 0.112. The van der Waals surface area contributed by atoms with E-state index in [0.717, 1.165) is 5.75 Å². The first-order valence-corrected chi connectivity index (χ1v) is 11.8. The highest BCUT2D eigenvalue weighted by Gasteiger charge is 2.63. The highest BCUT2D eigenvalue weighted by Crippen LogP contribution is 2.50. The molecule has 1 amide bonds. The van der Waals surface area contributed by atoms with Crippen molar-refractivity contribution in [2.24, 2.45) is 5.92 Å². The van der Waals surface area contributed by atoms with E-state index in [1.165, 1.54) is 16.7 Å². The number of carbonyl (C=O) groups excluding carboxylic acids is 1. The lowest BCUT2D eigenvalue weighted by Gasteiger charge is -2.48.